The molecule has 0 aliphatic heterocycles. The number of hydrogen-bond acceptors (Lipinski definition) is 3. The molecule has 1 amide bonds. The monoisotopic (exact) mass is 363 g/mol. The number of hydrogen-bond donors (Lipinski definition) is 1. The maximum Gasteiger partial charge on any atom is 0.261 e. The van der Waals surface area contributed by atoms with Crippen LogP contribution in [-0.2, 0) is 17.8 Å². The van der Waals surface area contributed by atoms with Crippen LogP contribution in [-0.4, -0.2) is 21.6 Å². The van der Waals surface area contributed by atoms with E-state index in [2.05, 4.69) is 17.2 Å². The summed E-state index contributed by atoms with van der Waals surface area (Å²) >= 11 is 0. The van der Waals surface area contributed by atoms with Crippen LogP contribution in [0.1, 0.15) is 30.8 Å². The van der Waals surface area contributed by atoms with Gasteiger partial charge in [-0.25, -0.2) is 4.98 Å². The second-order valence-corrected chi connectivity index (χ2v) is 6.41. The molecule has 2 aromatic carbocycles. The fourth-order valence-electron chi connectivity index (χ4n) is 3.01. The fraction of sp³-hybridized carbons (Fsp3) is 0.273. The summed E-state index contributed by atoms with van der Waals surface area (Å²) in [5.41, 5.74) is 3.13. The first-order valence-electron chi connectivity index (χ1n) is 9.20. The van der Waals surface area contributed by atoms with Crippen molar-refractivity contribution in [3.8, 4) is 11.4 Å². The lowest BCUT2D eigenvalue weighted by Gasteiger charge is -2.18. The molecular weight excluding hydrogens is 338 g/mol. The summed E-state index contributed by atoms with van der Waals surface area (Å²) in [5.74, 6) is 1.52. The van der Waals surface area contributed by atoms with Crippen LogP contribution in [0.4, 0.5) is 0 Å². The maximum absolute atomic E-state index is 12.5. The predicted molar refractivity (Wildman–Crippen MR) is 106 cm³/mol. The first-order chi connectivity index (χ1) is 13.1. The number of carbonyl (C=O) groups excluding carboxylic acids is 1. The Labute approximate surface area is 160 Å². The normalized spacial score (nSPS) is 11.8. The summed E-state index contributed by atoms with van der Waals surface area (Å²) in [5, 5.41) is 2.98. The van der Waals surface area contributed by atoms with Gasteiger partial charge in [-0.15, -0.1) is 0 Å². The molecule has 0 spiro atoms. The third-order valence-electron chi connectivity index (χ3n) is 4.56. The minimum Gasteiger partial charge on any atom is -0.481 e. The zero-order chi connectivity index (χ0) is 19.2. The van der Waals surface area contributed by atoms with Crippen LogP contribution < -0.4 is 10.1 Å². The first-order valence-corrected chi connectivity index (χ1v) is 9.20. The average molecular weight is 363 g/mol. The van der Waals surface area contributed by atoms with Gasteiger partial charge in [-0.05, 0) is 43.5 Å². The van der Waals surface area contributed by atoms with Crippen molar-refractivity contribution in [3.05, 3.63) is 77.9 Å². The molecule has 140 valence electrons. The molecule has 0 aliphatic rings. The minimum absolute atomic E-state index is 0.141. The maximum atomic E-state index is 12.5. The highest BCUT2D eigenvalue weighted by Gasteiger charge is 2.16. The van der Waals surface area contributed by atoms with Gasteiger partial charge in [-0.2, -0.15) is 0 Å². The average Bonchev–Trinajstić information content (AvgIpc) is 3.12. The quantitative estimate of drug-likeness (QED) is 0.694. The Balaban J connectivity index is 1.67. The zero-order valence-electron chi connectivity index (χ0n) is 16.0. The second-order valence-electron chi connectivity index (χ2n) is 6.41. The lowest BCUT2D eigenvalue weighted by molar-refractivity contribution is -0.127. The highest BCUT2D eigenvalue weighted by molar-refractivity contribution is 5.80. The van der Waals surface area contributed by atoms with Crippen molar-refractivity contribution >= 4 is 5.91 Å². The fourth-order valence-corrected chi connectivity index (χ4v) is 3.01. The van der Waals surface area contributed by atoms with Crippen molar-refractivity contribution in [2.24, 2.45) is 0 Å². The second kappa shape index (κ2) is 8.54. The van der Waals surface area contributed by atoms with Crippen LogP contribution in [0.25, 0.3) is 5.69 Å². The highest BCUT2D eigenvalue weighted by Crippen LogP contribution is 2.20. The predicted octanol–water partition coefficient (Wildman–Crippen LogP) is 3.83. The van der Waals surface area contributed by atoms with E-state index in [0.29, 0.717) is 6.54 Å². The molecule has 0 aliphatic carbocycles. The molecule has 0 saturated heterocycles. The standard InChI is InChI=1S/C22H25N3O2/c1-4-18-9-6-8-12-21(18)27-16(2)22(26)24-15-19-10-5-7-11-20(19)25-14-13-23-17(25)3/h5-14,16H,4,15H2,1-3H3,(H,24,26). The number of benzene rings is 2. The van der Waals surface area contributed by atoms with Crippen molar-refractivity contribution < 1.29 is 9.53 Å². The van der Waals surface area contributed by atoms with Gasteiger partial charge >= 0.3 is 0 Å². The number of imidazole rings is 1. The topological polar surface area (TPSA) is 56.1 Å². The van der Waals surface area contributed by atoms with E-state index in [1.165, 1.54) is 0 Å². The van der Waals surface area contributed by atoms with Crippen molar-refractivity contribution in [1.29, 1.82) is 0 Å². The summed E-state index contributed by atoms with van der Waals surface area (Å²) in [6, 6.07) is 15.8. The number of para-hydroxylation sites is 2. The third kappa shape index (κ3) is 4.37. The summed E-state index contributed by atoms with van der Waals surface area (Å²) in [4.78, 5) is 16.8. The number of amides is 1. The number of aromatic nitrogens is 2. The van der Waals surface area contributed by atoms with E-state index in [9.17, 15) is 4.79 Å². The Kier molecular flexibility index (Phi) is 5.91. The number of carbonyl (C=O) groups is 1. The molecule has 5 nitrogen and oxygen atoms in total. The molecule has 0 saturated carbocycles. The van der Waals surface area contributed by atoms with Crippen LogP contribution in [0.5, 0.6) is 5.75 Å². The van der Waals surface area contributed by atoms with Gasteiger partial charge in [0.1, 0.15) is 11.6 Å². The Morgan fingerprint density at radius 3 is 2.56 bits per heavy atom. The van der Waals surface area contributed by atoms with E-state index in [-0.39, 0.29) is 5.91 Å². The van der Waals surface area contributed by atoms with Crippen molar-refractivity contribution in [1.82, 2.24) is 14.9 Å². The van der Waals surface area contributed by atoms with E-state index in [1.54, 1.807) is 13.1 Å². The molecule has 5 heteroatoms. The van der Waals surface area contributed by atoms with Crippen LogP contribution in [0, 0.1) is 6.92 Å². The Morgan fingerprint density at radius 2 is 1.85 bits per heavy atom. The van der Waals surface area contributed by atoms with Gasteiger partial charge < -0.3 is 14.6 Å². The Bertz CT molecular complexity index is 917. The van der Waals surface area contributed by atoms with E-state index in [0.717, 1.165) is 34.8 Å². The smallest absolute Gasteiger partial charge is 0.261 e. The Hall–Kier alpha value is -3.08. The molecule has 0 bridgehead atoms. The molecular formula is C22H25N3O2. The highest BCUT2D eigenvalue weighted by atomic mass is 16.5. The zero-order valence-corrected chi connectivity index (χ0v) is 16.0. The van der Waals surface area contributed by atoms with Gasteiger partial charge in [-0.3, -0.25) is 4.79 Å². The summed E-state index contributed by atoms with van der Waals surface area (Å²) < 4.78 is 7.89. The molecule has 0 fully saturated rings. The van der Waals surface area contributed by atoms with E-state index >= 15 is 0 Å². The van der Waals surface area contributed by atoms with Gasteiger partial charge in [0.15, 0.2) is 6.10 Å². The lowest BCUT2D eigenvalue weighted by Crippen LogP contribution is -2.36. The van der Waals surface area contributed by atoms with E-state index in [1.807, 2.05) is 66.2 Å². The van der Waals surface area contributed by atoms with Gasteiger partial charge in [0.25, 0.3) is 5.91 Å². The molecule has 1 atom stereocenters. The first kappa shape index (κ1) is 18.7. The summed E-state index contributed by atoms with van der Waals surface area (Å²) in [6.45, 7) is 6.22. The van der Waals surface area contributed by atoms with Gasteiger partial charge in [0.2, 0.25) is 0 Å². The van der Waals surface area contributed by atoms with Gasteiger partial charge in [-0.1, -0.05) is 43.3 Å². The van der Waals surface area contributed by atoms with Crippen LogP contribution in [0.2, 0.25) is 0 Å². The van der Waals surface area contributed by atoms with Crippen LogP contribution >= 0.6 is 0 Å². The Morgan fingerprint density at radius 1 is 1.15 bits per heavy atom. The third-order valence-corrected chi connectivity index (χ3v) is 4.56. The molecule has 27 heavy (non-hydrogen) atoms. The van der Waals surface area contributed by atoms with Gasteiger partial charge in [0.05, 0.1) is 5.69 Å². The van der Waals surface area contributed by atoms with Crippen LogP contribution in [0.15, 0.2) is 60.9 Å². The molecule has 3 rings (SSSR count). The van der Waals surface area contributed by atoms with Crippen molar-refractivity contribution in [2.45, 2.75) is 39.8 Å². The number of nitrogens with zero attached hydrogens (tertiary/aromatic N) is 2. The molecule has 1 aromatic heterocycles. The molecule has 0 radical (unpaired) electrons. The van der Waals surface area contributed by atoms with Crippen LogP contribution in [0.3, 0.4) is 0 Å². The molecule has 1 unspecified atom stereocenters. The molecule has 3 aromatic rings. The largest absolute Gasteiger partial charge is 0.481 e. The molecule has 1 heterocycles. The van der Waals surface area contributed by atoms with E-state index in [4.69, 9.17) is 4.74 Å². The van der Waals surface area contributed by atoms with E-state index < -0.39 is 6.10 Å². The SMILES string of the molecule is CCc1ccccc1OC(C)C(=O)NCc1ccccc1-n1ccnc1C. The number of ether oxygens (including phenoxy) is 1. The minimum atomic E-state index is -0.570. The number of rotatable bonds is 7. The number of nitrogens with one attached hydrogen (secondary N) is 1. The van der Waals surface area contributed by atoms with Crippen molar-refractivity contribution in [3.63, 3.8) is 0 Å². The van der Waals surface area contributed by atoms with Gasteiger partial charge in [0, 0.05) is 18.9 Å². The summed E-state index contributed by atoms with van der Waals surface area (Å²) in [6.07, 6.45) is 3.98. The lowest BCUT2D eigenvalue weighted by atomic mass is 10.1. The van der Waals surface area contributed by atoms with Crippen molar-refractivity contribution in [2.75, 3.05) is 0 Å². The number of aryl methyl sites for hydroxylation is 2. The summed E-state index contributed by atoms with van der Waals surface area (Å²) in [7, 11) is 0. The molecule has 1 N–H and O–H groups in total.